The van der Waals surface area contributed by atoms with E-state index in [1.807, 2.05) is 0 Å². The van der Waals surface area contributed by atoms with Gasteiger partial charge in [-0.1, -0.05) is 33.8 Å². The Labute approximate surface area is 183 Å². The molecule has 0 aromatic rings. The molecular weight excluding hydrogens is 372 g/mol. The molecule has 0 bridgehead atoms. The molecule has 3 nitrogen and oxygen atoms in total. The number of hydrogen-bond acceptors (Lipinski definition) is 3. The van der Waals surface area contributed by atoms with E-state index in [1.54, 1.807) is 6.92 Å². The van der Waals surface area contributed by atoms with Gasteiger partial charge >= 0.3 is 5.97 Å². The molecule has 3 saturated carbocycles. The lowest BCUT2D eigenvalue weighted by molar-refractivity contribution is -0.161. The molecule has 168 valence electrons. The summed E-state index contributed by atoms with van der Waals surface area (Å²) in [5.41, 5.74) is 1.61. The van der Waals surface area contributed by atoms with Gasteiger partial charge in [0.25, 0.3) is 0 Å². The zero-order valence-corrected chi connectivity index (χ0v) is 19.8. The minimum Gasteiger partial charge on any atom is -0.462 e. The van der Waals surface area contributed by atoms with Crippen LogP contribution in [0.4, 0.5) is 0 Å². The van der Waals surface area contributed by atoms with Crippen LogP contribution in [0.3, 0.4) is 0 Å². The molecule has 4 rings (SSSR count). The molecule has 0 N–H and O–H groups in total. The van der Waals surface area contributed by atoms with Crippen molar-refractivity contribution in [2.75, 3.05) is 0 Å². The Morgan fingerprint density at radius 1 is 1.10 bits per heavy atom. The van der Waals surface area contributed by atoms with Crippen molar-refractivity contribution in [3.8, 4) is 0 Å². The first-order valence-corrected chi connectivity index (χ1v) is 12.6. The number of fused-ring (bicyclic) bond motifs is 5. The average molecular weight is 415 g/mol. The predicted octanol–water partition coefficient (Wildman–Crippen LogP) is 6.50. The van der Waals surface area contributed by atoms with E-state index in [2.05, 4.69) is 33.8 Å². The van der Waals surface area contributed by atoms with Crippen molar-refractivity contribution < 1.29 is 14.3 Å². The highest BCUT2D eigenvalue weighted by atomic mass is 16.5. The van der Waals surface area contributed by atoms with Crippen LogP contribution < -0.4 is 0 Å². The lowest BCUT2D eigenvalue weighted by Gasteiger charge is -2.60. The number of esters is 1. The summed E-state index contributed by atoms with van der Waals surface area (Å²) in [7, 11) is 0. The Hall–Kier alpha value is -1.12. The first-order valence-electron chi connectivity index (χ1n) is 12.6. The summed E-state index contributed by atoms with van der Waals surface area (Å²) in [6.07, 6.45) is 13.3. The van der Waals surface area contributed by atoms with Crippen molar-refractivity contribution in [2.24, 2.45) is 40.4 Å². The topological polar surface area (TPSA) is 43.4 Å². The van der Waals surface area contributed by atoms with E-state index in [9.17, 15) is 9.59 Å². The SMILES string of the molecule is CC(=O)C1=CC[C@H]2[C@@H]3CC[C@H]4C[C@@H](OC(=O)CCC(C)C)CC[C@]4(C)[C@H]3CC[C@]12C. The van der Waals surface area contributed by atoms with Gasteiger partial charge in [-0.15, -0.1) is 0 Å². The van der Waals surface area contributed by atoms with Gasteiger partial charge in [0.2, 0.25) is 0 Å². The molecule has 0 heterocycles. The van der Waals surface area contributed by atoms with Crippen LogP contribution in [0.2, 0.25) is 0 Å². The van der Waals surface area contributed by atoms with Crippen molar-refractivity contribution >= 4 is 11.8 Å². The molecule has 0 unspecified atom stereocenters. The van der Waals surface area contributed by atoms with Gasteiger partial charge in [0.1, 0.15) is 6.10 Å². The van der Waals surface area contributed by atoms with Crippen LogP contribution in [0.15, 0.2) is 11.6 Å². The van der Waals surface area contributed by atoms with Crippen molar-refractivity contribution in [1.29, 1.82) is 0 Å². The molecule has 0 spiro atoms. The standard InChI is InChI=1S/C27H42O3/c1-17(2)6-11-25(29)30-20-12-14-26(4)19(16-20)7-8-21-23-10-9-22(18(3)28)27(23,5)15-13-24(21)26/h9,17,19-21,23-24H,6-8,10-16H2,1-5H3/t19-,20-,21-,23-,24-,26-,27+/m0/s1. The summed E-state index contributed by atoms with van der Waals surface area (Å²) >= 11 is 0. The predicted molar refractivity (Wildman–Crippen MR) is 120 cm³/mol. The minimum absolute atomic E-state index is 0.00761. The van der Waals surface area contributed by atoms with Gasteiger partial charge in [-0.05, 0) is 111 Å². The minimum atomic E-state index is 0.00761. The number of ketones is 1. The van der Waals surface area contributed by atoms with Crippen LogP contribution in [0.25, 0.3) is 0 Å². The van der Waals surface area contributed by atoms with Gasteiger partial charge in [0.15, 0.2) is 5.78 Å². The highest BCUT2D eigenvalue weighted by Crippen LogP contribution is 2.66. The molecule has 3 heteroatoms. The number of carbonyl (C=O) groups is 2. The Balaban J connectivity index is 1.42. The molecule has 4 aliphatic carbocycles. The number of ether oxygens (including phenoxy) is 1. The molecule has 0 amide bonds. The number of carbonyl (C=O) groups excluding carboxylic acids is 2. The summed E-state index contributed by atoms with van der Waals surface area (Å²) in [5.74, 6) is 3.70. The van der Waals surface area contributed by atoms with Crippen LogP contribution in [-0.4, -0.2) is 17.9 Å². The number of rotatable bonds is 5. The first-order chi connectivity index (χ1) is 14.1. The lowest BCUT2D eigenvalue weighted by Crippen LogP contribution is -2.54. The van der Waals surface area contributed by atoms with E-state index in [4.69, 9.17) is 4.74 Å². The smallest absolute Gasteiger partial charge is 0.306 e. The van der Waals surface area contributed by atoms with Gasteiger partial charge in [0.05, 0.1) is 0 Å². The molecular formula is C27H42O3. The van der Waals surface area contributed by atoms with E-state index < -0.39 is 0 Å². The maximum atomic E-state index is 12.3. The monoisotopic (exact) mass is 414 g/mol. The van der Waals surface area contributed by atoms with E-state index in [1.165, 1.54) is 32.1 Å². The Kier molecular flexibility index (Phi) is 5.96. The van der Waals surface area contributed by atoms with E-state index in [0.717, 1.165) is 43.1 Å². The molecule has 4 aliphatic rings. The van der Waals surface area contributed by atoms with Crippen LogP contribution in [-0.2, 0) is 14.3 Å². The van der Waals surface area contributed by atoms with E-state index >= 15 is 0 Å². The second-order valence-corrected chi connectivity index (χ2v) is 11.8. The first kappa shape index (κ1) is 22.1. The van der Waals surface area contributed by atoms with Crippen LogP contribution in [0, 0.1) is 40.4 Å². The van der Waals surface area contributed by atoms with Gasteiger partial charge < -0.3 is 4.74 Å². The van der Waals surface area contributed by atoms with Crippen molar-refractivity contribution in [1.82, 2.24) is 0 Å². The van der Waals surface area contributed by atoms with Gasteiger partial charge in [-0.3, -0.25) is 9.59 Å². The molecule has 7 atom stereocenters. The highest BCUT2D eigenvalue weighted by Gasteiger charge is 2.59. The van der Waals surface area contributed by atoms with Gasteiger partial charge in [-0.25, -0.2) is 0 Å². The Morgan fingerprint density at radius 3 is 2.57 bits per heavy atom. The largest absolute Gasteiger partial charge is 0.462 e. The highest BCUT2D eigenvalue weighted by molar-refractivity contribution is 5.95. The number of Topliss-reactive ketones (excluding diaryl/α,β-unsaturated/α-hetero) is 1. The molecule has 3 fully saturated rings. The summed E-state index contributed by atoms with van der Waals surface area (Å²) in [6.45, 7) is 11.0. The van der Waals surface area contributed by atoms with Crippen molar-refractivity contribution in [2.45, 2.75) is 105 Å². The summed E-state index contributed by atoms with van der Waals surface area (Å²) in [5, 5.41) is 0. The fraction of sp³-hybridized carbons (Fsp3) is 0.852. The normalized spacial score (nSPS) is 42.7. The third-order valence-corrected chi connectivity index (χ3v) is 9.80. The lowest BCUT2D eigenvalue weighted by atomic mass is 9.44. The fourth-order valence-electron chi connectivity index (χ4n) is 8.09. The van der Waals surface area contributed by atoms with E-state index in [0.29, 0.717) is 29.6 Å². The third kappa shape index (κ3) is 3.69. The van der Waals surface area contributed by atoms with E-state index in [-0.39, 0.29) is 23.3 Å². The molecule has 0 aromatic carbocycles. The zero-order valence-electron chi connectivity index (χ0n) is 19.8. The van der Waals surface area contributed by atoms with Gasteiger partial charge in [-0.2, -0.15) is 0 Å². The third-order valence-electron chi connectivity index (χ3n) is 9.80. The average Bonchev–Trinajstić information content (AvgIpc) is 3.04. The van der Waals surface area contributed by atoms with Crippen LogP contribution >= 0.6 is 0 Å². The molecule has 0 aliphatic heterocycles. The fourth-order valence-corrected chi connectivity index (χ4v) is 8.09. The summed E-state index contributed by atoms with van der Waals surface area (Å²) < 4.78 is 5.91. The quantitative estimate of drug-likeness (QED) is 0.482. The molecule has 30 heavy (non-hydrogen) atoms. The second-order valence-electron chi connectivity index (χ2n) is 11.8. The van der Waals surface area contributed by atoms with Gasteiger partial charge in [0, 0.05) is 6.42 Å². The van der Waals surface area contributed by atoms with Crippen molar-refractivity contribution in [3.05, 3.63) is 11.6 Å². The van der Waals surface area contributed by atoms with Crippen LogP contribution in [0.5, 0.6) is 0 Å². The molecule has 0 saturated heterocycles. The molecule has 0 aromatic heterocycles. The number of hydrogen-bond donors (Lipinski definition) is 0. The maximum absolute atomic E-state index is 12.3. The molecule has 0 radical (unpaired) electrons. The number of allylic oxidation sites excluding steroid dienone is 2. The maximum Gasteiger partial charge on any atom is 0.306 e. The Morgan fingerprint density at radius 2 is 1.87 bits per heavy atom. The second kappa shape index (κ2) is 8.10. The van der Waals surface area contributed by atoms with Crippen molar-refractivity contribution in [3.63, 3.8) is 0 Å². The Bertz CT molecular complexity index is 722. The van der Waals surface area contributed by atoms with Crippen LogP contribution in [0.1, 0.15) is 98.8 Å². The summed E-state index contributed by atoms with van der Waals surface area (Å²) in [6, 6.07) is 0. The summed E-state index contributed by atoms with van der Waals surface area (Å²) in [4.78, 5) is 24.5. The zero-order chi connectivity index (χ0) is 21.7.